The number of hydrogen-bond acceptors (Lipinski definition) is 1. The zero-order valence-corrected chi connectivity index (χ0v) is 33.9. The molecule has 11 rings (SSSR count). The molecule has 1 spiro atoms. The first kappa shape index (κ1) is 33.5. The zero-order valence-electron chi connectivity index (χ0n) is 34.9. The van der Waals surface area contributed by atoms with E-state index in [1.165, 1.54) is 78.7 Å². The van der Waals surface area contributed by atoms with Crippen molar-refractivity contribution in [3.8, 4) is 33.4 Å². The summed E-state index contributed by atoms with van der Waals surface area (Å²) in [6.07, 6.45) is 5.37. The number of benzene rings is 7. The van der Waals surface area contributed by atoms with Crippen LogP contribution in [0.2, 0.25) is 0 Å². The smallest absolute Gasteiger partial charge is 0.0726 e. The van der Waals surface area contributed by atoms with Crippen molar-refractivity contribution >= 4 is 17.1 Å². The zero-order chi connectivity index (χ0) is 39.6. The maximum atomic E-state index is 9.46. The fourth-order valence-electron chi connectivity index (χ4n) is 11.1. The van der Waals surface area contributed by atoms with Crippen LogP contribution in [0.4, 0.5) is 17.1 Å². The highest BCUT2D eigenvalue weighted by Crippen LogP contribution is 2.64. The lowest BCUT2D eigenvalue weighted by molar-refractivity contribution is 0.443. The third kappa shape index (κ3) is 4.94. The minimum atomic E-state index is -0.508. The molecule has 7 aromatic rings. The average molecular weight is 739 g/mol. The molecule has 1 nitrogen and oxygen atoms in total. The fraction of sp³-hybridized carbons (Fsp3) is 0.250. The van der Waals surface area contributed by atoms with Crippen LogP contribution in [0.1, 0.15) is 118 Å². The van der Waals surface area contributed by atoms with E-state index in [0.717, 1.165) is 48.3 Å². The Labute approximate surface area is 340 Å². The topological polar surface area (TPSA) is 3.24 Å². The molecule has 4 aliphatic carbocycles. The summed E-state index contributed by atoms with van der Waals surface area (Å²) in [4.78, 5) is 2.48. The Morgan fingerprint density at radius 3 is 1.53 bits per heavy atom. The summed E-state index contributed by atoms with van der Waals surface area (Å²) in [7, 11) is 0. The van der Waals surface area contributed by atoms with Crippen LogP contribution in [0, 0.1) is 0 Å². The van der Waals surface area contributed by atoms with Gasteiger partial charge >= 0.3 is 0 Å². The van der Waals surface area contributed by atoms with Crippen LogP contribution >= 0.6 is 0 Å². The van der Waals surface area contributed by atoms with Crippen LogP contribution in [0.25, 0.3) is 33.4 Å². The van der Waals surface area contributed by atoms with E-state index in [9.17, 15) is 1.37 Å². The molecule has 57 heavy (non-hydrogen) atoms. The number of fused-ring (bicyclic) bond motifs is 13. The minimum absolute atomic E-state index is 0.00696. The molecule has 7 aromatic carbocycles. The lowest BCUT2D eigenvalue weighted by atomic mass is 9.69. The van der Waals surface area contributed by atoms with Gasteiger partial charge in [-0.25, -0.2) is 0 Å². The van der Waals surface area contributed by atoms with Gasteiger partial charge in [0.2, 0.25) is 0 Å². The molecule has 4 aliphatic rings. The molecule has 0 saturated heterocycles. The van der Waals surface area contributed by atoms with Gasteiger partial charge < -0.3 is 4.90 Å². The van der Waals surface area contributed by atoms with E-state index >= 15 is 0 Å². The van der Waals surface area contributed by atoms with Gasteiger partial charge in [-0.1, -0.05) is 169 Å². The van der Waals surface area contributed by atoms with Gasteiger partial charge in [0.05, 0.1) is 5.41 Å². The van der Waals surface area contributed by atoms with Crippen LogP contribution in [0.3, 0.4) is 0 Å². The molecule has 0 amide bonds. The Kier molecular flexibility index (Phi) is 7.29. The maximum absolute atomic E-state index is 9.46. The van der Waals surface area contributed by atoms with E-state index in [1.54, 1.807) is 0 Å². The highest BCUT2D eigenvalue weighted by molar-refractivity contribution is 5.96. The maximum Gasteiger partial charge on any atom is 0.0726 e. The minimum Gasteiger partial charge on any atom is -0.310 e. The Morgan fingerprint density at radius 2 is 0.930 bits per heavy atom. The SMILES string of the molecule is [2H]C1(c2ccc(N(c3ccc4c(c3)C(C)(C)c3ccccc3-4)c3ccc4c(c3)C3(c5ccccc5-4)c4ccccc4-c4ccc(C(C)(C)C)cc43)cc2)CCCCC1. The summed E-state index contributed by atoms with van der Waals surface area (Å²) in [6.45, 7) is 11.7. The van der Waals surface area contributed by atoms with Crippen molar-refractivity contribution in [3.05, 3.63) is 196 Å². The van der Waals surface area contributed by atoms with Gasteiger partial charge in [0, 0.05) is 23.8 Å². The second-order valence-electron chi connectivity index (χ2n) is 18.5. The summed E-state index contributed by atoms with van der Waals surface area (Å²) in [5.41, 5.74) is 21.5. The predicted octanol–water partition coefficient (Wildman–Crippen LogP) is 15.2. The third-order valence-electron chi connectivity index (χ3n) is 14.0. The Morgan fingerprint density at radius 1 is 0.474 bits per heavy atom. The van der Waals surface area contributed by atoms with Gasteiger partial charge in [-0.05, 0) is 138 Å². The molecule has 1 atom stereocenters. The van der Waals surface area contributed by atoms with Crippen molar-refractivity contribution < 1.29 is 1.37 Å². The first-order valence-corrected chi connectivity index (χ1v) is 21.1. The number of anilines is 3. The lowest BCUT2D eigenvalue weighted by Gasteiger charge is -2.33. The normalized spacial score (nSPS) is 19.2. The van der Waals surface area contributed by atoms with Crippen molar-refractivity contribution in [1.29, 1.82) is 0 Å². The first-order chi connectivity index (χ1) is 28.0. The number of nitrogens with zero attached hydrogens (tertiary/aromatic N) is 1. The fourth-order valence-corrected chi connectivity index (χ4v) is 11.1. The molecular weight excluding hydrogens is 687 g/mol. The summed E-state index contributed by atoms with van der Waals surface area (Å²) in [5.74, 6) is -0.508. The van der Waals surface area contributed by atoms with Crippen molar-refractivity contribution in [2.24, 2.45) is 0 Å². The van der Waals surface area contributed by atoms with Crippen molar-refractivity contribution in [2.45, 2.75) is 88.9 Å². The molecule has 0 heterocycles. The van der Waals surface area contributed by atoms with Crippen molar-refractivity contribution in [3.63, 3.8) is 0 Å². The molecule has 0 N–H and O–H groups in total. The molecule has 1 saturated carbocycles. The molecule has 0 aliphatic heterocycles. The van der Waals surface area contributed by atoms with E-state index in [1.807, 2.05) is 0 Å². The van der Waals surface area contributed by atoms with E-state index in [0.29, 0.717) is 0 Å². The molecule has 0 radical (unpaired) electrons. The van der Waals surface area contributed by atoms with E-state index < -0.39 is 11.3 Å². The summed E-state index contributed by atoms with van der Waals surface area (Å²) in [6, 6.07) is 57.9. The highest BCUT2D eigenvalue weighted by atomic mass is 15.1. The summed E-state index contributed by atoms with van der Waals surface area (Å²) < 4.78 is 9.46. The lowest BCUT2D eigenvalue weighted by Crippen LogP contribution is -2.27. The van der Waals surface area contributed by atoms with Gasteiger partial charge in [-0.15, -0.1) is 0 Å². The van der Waals surface area contributed by atoms with E-state index in [2.05, 4.69) is 191 Å². The molecule has 1 unspecified atom stereocenters. The van der Waals surface area contributed by atoms with E-state index in [-0.39, 0.29) is 10.8 Å². The van der Waals surface area contributed by atoms with Crippen LogP contribution in [-0.2, 0) is 16.2 Å². The molecule has 0 aromatic heterocycles. The third-order valence-corrected chi connectivity index (χ3v) is 14.0. The van der Waals surface area contributed by atoms with Crippen molar-refractivity contribution in [1.82, 2.24) is 0 Å². The van der Waals surface area contributed by atoms with Gasteiger partial charge in [-0.2, -0.15) is 0 Å². The van der Waals surface area contributed by atoms with Crippen molar-refractivity contribution in [2.75, 3.05) is 4.90 Å². The highest BCUT2D eigenvalue weighted by Gasteiger charge is 2.52. The Bertz CT molecular complexity index is 2780. The van der Waals surface area contributed by atoms with Gasteiger partial charge in [-0.3, -0.25) is 0 Å². The molecule has 1 fully saturated rings. The second-order valence-corrected chi connectivity index (χ2v) is 18.5. The monoisotopic (exact) mass is 738 g/mol. The van der Waals surface area contributed by atoms with Crippen LogP contribution in [0.5, 0.6) is 0 Å². The van der Waals surface area contributed by atoms with Crippen LogP contribution < -0.4 is 4.90 Å². The van der Waals surface area contributed by atoms with Crippen LogP contribution in [0.15, 0.2) is 152 Å². The summed E-state index contributed by atoms with van der Waals surface area (Å²) in [5, 5.41) is 0. The van der Waals surface area contributed by atoms with E-state index in [4.69, 9.17) is 0 Å². The molecular formula is C56H51N. The number of hydrogen-bond donors (Lipinski definition) is 0. The number of rotatable bonds is 4. The van der Waals surface area contributed by atoms with Gasteiger partial charge in [0.25, 0.3) is 0 Å². The van der Waals surface area contributed by atoms with Gasteiger partial charge in [0.1, 0.15) is 0 Å². The van der Waals surface area contributed by atoms with Crippen LogP contribution in [-0.4, -0.2) is 0 Å². The Hall–Kier alpha value is -5.66. The average Bonchev–Trinajstić information content (AvgIpc) is 3.79. The second kappa shape index (κ2) is 12.4. The largest absolute Gasteiger partial charge is 0.310 e. The predicted molar refractivity (Wildman–Crippen MR) is 240 cm³/mol. The standard InChI is InChI=1S/C56H51N/c1-54(2,3)38-25-30-46-43-18-10-13-21-49(43)56(52(46)33-38)50-22-14-11-19-44(50)47-32-29-41(35-53(47)56)57(39-26-23-37(24-27-39)36-15-7-6-8-16-36)40-28-31-45-42-17-9-12-20-48(42)55(4,5)51(45)34-40/h9-14,17-36H,6-8,15-16H2,1-5H3/i36D. The molecule has 280 valence electrons. The quantitative estimate of drug-likeness (QED) is 0.174. The summed E-state index contributed by atoms with van der Waals surface area (Å²) >= 11 is 0. The molecule has 1 heteroatoms. The molecule has 0 bridgehead atoms. The van der Waals surface area contributed by atoms with Gasteiger partial charge in [0.15, 0.2) is 0 Å². The first-order valence-electron chi connectivity index (χ1n) is 21.6. The Balaban J connectivity index is 1.15.